The zero-order chi connectivity index (χ0) is 9.80. The summed E-state index contributed by atoms with van der Waals surface area (Å²) in [5, 5.41) is 0. The zero-order valence-electron chi connectivity index (χ0n) is 7.20. The van der Waals surface area contributed by atoms with Gasteiger partial charge < -0.3 is 4.74 Å². The molecule has 14 heavy (non-hydrogen) atoms. The summed E-state index contributed by atoms with van der Waals surface area (Å²) in [5.74, 6) is 0.457. The van der Waals surface area contributed by atoms with E-state index >= 15 is 0 Å². The molecule has 0 spiro atoms. The molecule has 0 aliphatic carbocycles. The third-order valence-corrected chi connectivity index (χ3v) is 1.57. The molecule has 5 nitrogen and oxygen atoms in total. The largest absolute Gasteiger partial charge is 0.424 e. The van der Waals surface area contributed by atoms with Crippen LogP contribution >= 0.6 is 0 Å². The van der Waals surface area contributed by atoms with Crippen LogP contribution < -0.4 is 4.74 Å². The Bertz CT molecular complexity index is 411. The van der Waals surface area contributed by atoms with Crippen LogP contribution in [0.4, 0.5) is 4.79 Å². The highest BCUT2D eigenvalue weighted by Gasteiger charge is 2.05. The van der Waals surface area contributed by atoms with E-state index in [1.54, 1.807) is 24.5 Å². The molecular weight excluding hydrogens is 182 g/mol. The Morgan fingerprint density at radius 3 is 2.64 bits per heavy atom. The maximum Gasteiger partial charge on any atom is 0.424 e. The van der Waals surface area contributed by atoms with E-state index in [1.165, 1.54) is 23.3 Å². The summed E-state index contributed by atoms with van der Waals surface area (Å²) in [5.41, 5.74) is 0. The van der Waals surface area contributed by atoms with Crippen LogP contribution in [0.15, 0.2) is 43.2 Å². The van der Waals surface area contributed by atoms with E-state index in [0.29, 0.717) is 5.75 Å². The van der Waals surface area contributed by atoms with Crippen LogP contribution in [-0.4, -0.2) is 20.6 Å². The maximum absolute atomic E-state index is 11.4. The Kier molecular flexibility index (Phi) is 2.22. The van der Waals surface area contributed by atoms with Gasteiger partial charge in [-0.1, -0.05) is 0 Å². The van der Waals surface area contributed by atoms with E-state index < -0.39 is 6.09 Å². The molecule has 0 radical (unpaired) electrons. The van der Waals surface area contributed by atoms with Gasteiger partial charge in [0.25, 0.3) is 0 Å². The second kappa shape index (κ2) is 3.69. The smallest absolute Gasteiger partial charge is 0.410 e. The summed E-state index contributed by atoms with van der Waals surface area (Å²) in [6, 6.07) is 3.21. The lowest BCUT2D eigenvalue weighted by molar-refractivity contribution is 0.202. The van der Waals surface area contributed by atoms with E-state index in [1.807, 2.05) is 0 Å². The van der Waals surface area contributed by atoms with Gasteiger partial charge in [-0.05, 0) is 12.1 Å². The Hall–Kier alpha value is -2.17. The highest BCUT2D eigenvalue weighted by molar-refractivity contribution is 5.72. The molecule has 70 valence electrons. The number of imidazole rings is 1. The van der Waals surface area contributed by atoms with Crippen LogP contribution in [-0.2, 0) is 0 Å². The molecule has 0 atom stereocenters. The van der Waals surface area contributed by atoms with Crippen LogP contribution in [0, 0.1) is 0 Å². The number of hydrogen-bond acceptors (Lipinski definition) is 4. The number of hydrogen-bond donors (Lipinski definition) is 0. The summed E-state index contributed by atoms with van der Waals surface area (Å²) < 4.78 is 6.25. The quantitative estimate of drug-likeness (QED) is 0.678. The number of pyridine rings is 1. The monoisotopic (exact) mass is 189 g/mol. The van der Waals surface area contributed by atoms with Gasteiger partial charge in [-0.25, -0.2) is 14.3 Å². The Labute approximate surface area is 80.0 Å². The molecule has 0 saturated carbocycles. The van der Waals surface area contributed by atoms with E-state index in [-0.39, 0.29) is 0 Å². The van der Waals surface area contributed by atoms with Gasteiger partial charge in [-0.3, -0.25) is 4.98 Å². The van der Waals surface area contributed by atoms with Gasteiger partial charge in [0.1, 0.15) is 12.1 Å². The molecule has 0 aromatic carbocycles. The fourth-order valence-electron chi connectivity index (χ4n) is 0.927. The van der Waals surface area contributed by atoms with Crippen molar-refractivity contribution in [2.24, 2.45) is 0 Å². The minimum absolute atomic E-state index is 0.457. The first-order chi connectivity index (χ1) is 6.86. The van der Waals surface area contributed by atoms with Crippen molar-refractivity contribution in [3.8, 4) is 5.75 Å². The van der Waals surface area contributed by atoms with Crippen molar-refractivity contribution in [2.45, 2.75) is 0 Å². The summed E-state index contributed by atoms with van der Waals surface area (Å²) >= 11 is 0. The van der Waals surface area contributed by atoms with Crippen molar-refractivity contribution in [1.82, 2.24) is 14.5 Å². The molecule has 0 aliphatic rings. The number of nitrogens with zero attached hydrogens (tertiary/aromatic N) is 3. The van der Waals surface area contributed by atoms with E-state index in [4.69, 9.17) is 4.74 Å². The van der Waals surface area contributed by atoms with Gasteiger partial charge in [0.15, 0.2) is 0 Å². The topological polar surface area (TPSA) is 57.0 Å². The third kappa shape index (κ3) is 1.77. The highest BCUT2D eigenvalue weighted by atomic mass is 16.6. The molecule has 2 heterocycles. The predicted molar refractivity (Wildman–Crippen MR) is 47.9 cm³/mol. The number of rotatable bonds is 1. The molecule has 0 unspecified atom stereocenters. The third-order valence-electron chi connectivity index (χ3n) is 1.57. The van der Waals surface area contributed by atoms with Crippen LogP contribution in [0.25, 0.3) is 0 Å². The predicted octanol–water partition coefficient (Wildman–Crippen LogP) is 1.33. The normalized spacial score (nSPS) is 9.71. The molecule has 0 amide bonds. The summed E-state index contributed by atoms with van der Waals surface area (Å²) in [7, 11) is 0. The summed E-state index contributed by atoms with van der Waals surface area (Å²) in [6.07, 6.45) is 7.02. The minimum atomic E-state index is -0.492. The van der Waals surface area contributed by atoms with Crippen molar-refractivity contribution in [1.29, 1.82) is 0 Å². The molecule has 0 fully saturated rings. The first-order valence-corrected chi connectivity index (χ1v) is 3.96. The molecule has 5 heteroatoms. The number of ether oxygens (including phenoxy) is 1. The summed E-state index contributed by atoms with van der Waals surface area (Å²) in [4.78, 5) is 18.9. The number of aromatic nitrogens is 3. The van der Waals surface area contributed by atoms with Crippen molar-refractivity contribution in [3.63, 3.8) is 0 Å². The van der Waals surface area contributed by atoms with Crippen molar-refractivity contribution >= 4 is 6.09 Å². The molecule has 0 aliphatic heterocycles. The van der Waals surface area contributed by atoms with Crippen LogP contribution in [0.2, 0.25) is 0 Å². The summed E-state index contributed by atoms with van der Waals surface area (Å²) in [6.45, 7) is 0. The number of carbonyl (C=O) groups excluding carboxylic acids is 1. The molecule has 2 aromatic rings. The maximum atomic E-state index is 11.4. The fourth-order valence-corrected chi connectivity index (χ4v) is 0.927. The average Bonchev–Trinajstić information content (AvgIpc) is 2.72. The van der Waals surface area contributed by atoms with Crippen molar-refractivity contribution in [2.75, 3.05) is 0 Å². The lowest BCUT2D eigenvalue weighted by Gasteiger charge is -2.02. The lowest BCUT2D eigenvalue weighted by atomic mass is 10.5. The van der Waals surface area contributed by atoms with Gasteiger partial charge >= 0.3 is 6.09 Å². The van der Waals surface area contributed by atoms with Gasteiger partial charge in [0, 0.05) is 24.8 Å². The fraction of sp³-hybridized carbons (Fsp3) is 0. The van der Waals surface area contributed by atoms with E-state index in [0.717, 1.165) is 0 Å². The zero-order valence-corrected chi connectivity index (χ0v) is 7.20. The number of carbonyl (C=O) groups is 1. The standard InChI is InChI=1S/C9H7N3O2/c13-9(12-6-5-11-7-12)14-8-1-3-10-4-2-8/h1-7H. The Morgan fingerprint density at radius 2 is 2.00 bits per heavy atom. The molecule has 2 aromatic heterocycles. The first kappa shape index (κ1) is 8.43. The van der Waals surface area contributed by atoms with Crippen LogP contribution in [0.1, 0.15) is 0 Å². The molecule has 2 rings (SSSR count). The molecule has 0 saturated heterocycles. The van der Waals surface area contributed by atoms with E-state index in [2.05, 4.69) is 9.97 Å². The van der Waals surface area contributed by atoms with Crippen LogP contribution in [0.3, 0.4) is 0 Å². The second-order valence-corrected chi connectivity index (χ2v) is 2.52. The minimum Gasteiger partial charge on any atom is -0.410 e. The molecule has 0 bridgehead atoms. The van der Waals surface area contributed by atoms with Gasteiger partial charge in [-0.15, -0.1) is 0 Å². The Morgan fingerprint density at radius 1 is 1.21 bits per heavy atom. The SMILES string of the molecule is O=C(Oc1ccncc1)n1ccnc1. The molecule has 0 N–H and O–H groups in total. The Balaban J connectivity index is 2.10. The second-order valence-electron chi connectivity index (χ2n) is 2.52. The van der Waals surface area contributed by atoms with E-state index in [9.17, 15) is 4.79 Å². The average molecular weight is 189 g/mol. The van der Waals surface area contributed by atoms with Gasteiger partial charge in [-0.2, -0.15) is 0 Å². The lowest BCUT2D eigenvalue weighted by Crippen LogP contribution is -2.14. The molecular formula is C9H7N3O2. The van der Waals surface area contributed by atoms with Crippen molar-refractivity contribution in [3.05, 3.63) is 43.2 Å². The van der Waals surface area contributed by atoms with Gasteiger partial charge in [0.05, 0.1) is 0 Å². The van der Waals surface area contributed by atoms with Gasteiger partial charge in [0.2, 0.25) is 0 Å². The van der Waals surface area contributed by atoms with Crippen LogP contribution in [0.5, 0.6) is 5.75 Å². The highest BCUT2D eigenvalue weighted by Crippen LogP contribution is 2.07. The van der Waals surface area contributed by atoms with Crippen molar-refractivity contribution < 1.29 is 9.53 Å². The first-order valence-electron chi connectivity index (χ1n) is 3.96.